The molecule has 0 spiro atoms. The van der Waals surface area contributed by atoms with Crippen molar-refractivity contribution >= 4 is 71.8 Å². The van der Waals surface area contributed by atoms with Gasteiger partial charge < -0.3 is 18.3 Å². The lowest BCUT2D eigenvalue weighted by Gasteiger charge is -2.35. The standard InChI is InChI=1S/C57H36N2O2/c1-3-14-38(15-4-1)57(39-16-5-2-6-17-39)50-35-40(58-32-31-37-13-7-10-20-52(37)58)23-27-44(50)45-28-24-43(36-51(45)57)59(41-25-29-55-48(33-41)46-18-8-11-21-53(46)60-55)42-26-30-56-49(34-42)47-19-9-12-22-54(47)61-56/h1-36H. The van der Waals surface area contributed by atoms with Crippen LogP contribution in [0.3, 0.4) is 0 Å². The fraction of sp³-hybridized carbons (Fsp3) is 0.0175. The molecule has 61 heavy (non-hydrogen) atoms. The molecular formula is C57H36N2O2. The van der Waals surface area contributed by atoms with Gasteiger partial charge in [-0.1, -0.05) is 127 Å². The van der Waals surface area contributed by atoms with Crippen molar-refractivity contribution in [2.24, 2.45) is 0 Å². The molecule has 0 radical (unpaired) electrons. The van der Waals surface area contributed by atoms with Crippen LogP contribution in [0.2, 0.25) is 0 Å². The Labute approximate surface area is 351 Å². The van der Waals surface area contributed by atoms with Crippen molar-refractivity contribution in [2.75, 3.05) is 4.90 Å². The molecule has 286 valence electrons. The zero-order valence-electron chi connectivity index (χ0n) is 33.0. The molecule has 4 nitrogen and oxygen atoms in total. The molecule has 0 N–H and O–H groups in total. The third-order valence-corrected chi connectivity index (χ3v) is 12.9. The molecule has 0 saturated heterocycles. The summed E-state index contributed by atoms with van der Waals surface area (Å²) >= 11 is 0. The van der Waals surface area contributed by atoms with Crippen molar-refractivity contribution in [3.05, 3.63) is 241 Å². The second-order valence-electron chi connectivity index (χ2n) is 16.1. The Kier molecular flexibility index (Phi) is 7.19. The average molecular weight is 781 g/mol. The van der Waals surface area contributed by atoms with Gasteiger partial charge in [-0.05, 0) is 124 Å². The van der Waals surface area contributed by atoms with Gasteiger partial charge >= 0.3 is 0 Å². The van der Waals surface area contributed by atoms with Crippen LogP contribution in [0.1, 0.15) is 22.3 Å². The smallest absolute Gasteiger partial charge is 0.135 e. The van der Waals surface area contributed by atoms with Crippen LogP contribution in [0.25, 0.3) is 71.6 Å². The lowest BCUT2D eigenvalue weighted by atomic mass is 9.67. The second-order valence-corrected chi connectivity index (χ2v) is 16.1. The fourth-order valence-corrected chi connectivity index (χ4v) is 10.2. The van der Waals surface area contributed by atoms with E-state index < -0.39 is 5.41 Å². The van der Waals surface area contributed by atoms with Gasteiger partial charge in [-0.25, -0.2) is 0 Å². The Morgan fingerprint density at radius 3 is 1.51 bits per heavy atom. The molecule has 1 aliphatic carbocycles. The Hall–Kier alpha value is -8.08. The van der Waals surface area contributed by atoms with Gasteiger partial charge in [0.15, 0.2) is 0 Å². The summed E-state index contributed by atoms with van der Waals surface area (Å²) in [6.07, 6.45) is 2.19. The molecule has 9 aromatic carbocycles. The molecule has 1 aliphatic rings. The van der Waals surface area contributed by atoms with E-state index in [1.807, 2.05) is 24.3 Å². The van der Waals surface area contributed by atoms with Gasteiger partial charge in [0, 0.05) is 50.5 Å². The van der Waals surface area contributed by atoms with Crippen LogP contribution in [-0.2, 0) is 5.41 Å². The van der Waals surface area contributed by atoms with E-state index in [0.717, 1.165) is 66.6 Å². The highest BCUT2D eigenvalue weighted by molar-refractivity contribution is 6.08. The van der Waals surface area contributed by atoms with E-state index in [0.29, 0.717) is 0 Å². The summed E-state index contributed by atoms with van der Waals surface area (Å²) in [6.45, 7) is 0. The molecule has 0 unspecified atom stereocenters. The maximum absolute atomic E-state index is 6.34. The van der Waals surface area contributed by atoms with E-state index in [1.165, 1.54) is 44.3 Å². The number of para-hydroxylation sites is 3. The summed E-state index contributed by atoms with van der Waals surface area (Å²) in [4.78, 5) is 2.39. The van der Waals surface area contributed by atoms with Crippen molar-refractivity contribution < 1.29 is 8.83 Å². The number of rotatable bonds is 6. The summed E-state index contributed by atoms with van der Waals surface area (Å²) in [5, 5.41) is 5.57. The fourth-order valence-electron chi connectivity index (χ4n) is 10.2. The third kappa shape index (κ3) is 4.93. The van der Waals surface area contributed by atoms with Gasteiger partial charge in [-0.3, -0.25) is 0 Å². The van der Waals surface area contributed by atoms with E-state index >= 15 is 0 Å². The number of aromatic nitrogens is 1. The quantitative estimate of drug-likeness (QED) is 0.169. The third-order valence-electron chi connectivity index (χ3n) is 12.9. The monoisotopic (exact) mass is 780 g/mol. The summed E-state index contributed by atoms with van der Waals surface area (Å²) in [5.41, 5.74) is 15.7. The minimum Gasteiger partial charge on any atom is -0.456 e. The van der Waals surface area contributed by atoms with Crippen LogP contribution in [0.4, 0.5) is 17.1 Å². The topological polar surface area (TPSA) is 34.5 Å². The van der Waals surface area contributed by atoms with Crippen LogP contribution in [0.5, 0.6) is 0 Å². The van der Waals surface area contributed by atoms with Crippen molar-refractivity contribution in [1.82, 2.24) is 4.57 Å². The van der Waals surface area contributed by atoms with Crippen molar-refractivity contribution in [3.63, 3.8) is 0 Å². The molecule has 3 aromatic heterocycles. The molecule has 0 fully saturated rings. The number of benzene rings is 9. The van der Waals surface area contributed by atoms with Gasteiger partial charge in [0.1, 0.15) is 22.3 Å². The number of furan rings is 2. The predicted octanol–water partition coefficient (Wildman–Crippen LogP) is 15.3. The van der Waals surface area contributed by atoms with Crippen LogP contribution in [0.15, 0.2) is 227 Å². The first-order valence-corrected chi connectivity index (χ1v) is 20.8. The van der Waals surface area contributed by atoms with Crippen LogP contribution in [0, 0.1) is 0 Å². The number of nitrogens with zero attached hydrogens (tertiary/aromatic N) is 2. The molecule has 0 aliphatic heterocycles. The van der Waals surface area contributed by atoms with Gasteiger partial charge in [-0.2, -0.15) is 0 Å². The molecular weight excluding hydrogens is 745 g/mol. The Balaban J connectivity index is 1.09. The van der Waals surface area contributed by atoms with E-state index in [9.17, 15) is 0 Å². The van der Waals surface area contributed by atoms with Crippen molar-refractivity contribution in [2.45, 2.75) is 5.41 Å². The second kappa shape index (κ2) is 13.0. The highest BCUT2D eigenvalue weighted by Crippen LogP contribution is 2.58. The highest BCUT2D eigenvalue weighted by Gasteiger charge is 2.46. The van der Waals surface area contributed by atoms with E-state index in [2.05, 4.69) is 204 Å². The maximum Gasteiger partial charge on any atom is 0.135 e. The van der Waals surface area contributed by atoms with E-state index in [4.69, 9.17) is 8.83 Å². The Morgan fingerprint density at radius 2 is 0.869 bits per heavy atom. The Bertz CT molecular complexity index is 3510. The number of hydrogen-bond acceptors (Lipinski definition) is 3. The molecule has 3 heterocycles. The minimum atomic E-state index is -0.622. The summed E-state index contributed by atoms with van der Waals surface area (Å²) in [6, 6.07) is 76.7. The molecule has 13 rings (SSSR count). The van der Waals surface area contributed by atoms with E-state index in [1.54, 1.807) is 0 Å². The molecule has 0 atom stereocenters. The SMILES string of the molecule is c1ccc(C2(c3ccccc3)c3cc(N(c4ccc5oc6ccccc6c5c4)c4ccc5oc6ccccc6c5c4)ccc3-c3ccc(-n4ccc5ccccc54)cc32)cc1. The van der Waals surface area contributed by atoms with Gasteiger partial charge in [-0.15, -0.1) is 0 Å². The molecule has 0 bridgehead atoms. The first kappa shape index (κ1) is 33.8. The zero-order chi connectivity index (χ0) is 40.1. The molecule has 4 heteroatoms. The highest BCUT2D eigenvalue weighted by atomic mass is 16.3. The average Bonchev–Trinajstić information content (AvgIpc) is 4.09. The summed E-state index contributed by atoms with van der Waals surface area (Å²) < 4.78 is 15.0. The minimum absolute atomic E-state index is 0.622. The predicted molar refractivity (Wildman–Crippen MR) is 250 cm³/mol. The first-order chi connectivity index (χ1) is 30.2. The summed E-state index contributed by atoms with van der Waals surface area (Å²) in [7, 11) is 0. The largest absolute Gasteiger partial charge is 0.456 e. The van der Waals surface area contributed by atoms with Crippen molar-refractivity contribution in [1.29, 1.82) is 0 Å². The maximum atomic E-state index is 6.34. The Morgan fingerprint density at radius 1 is 0.377 bits per heavy atom. The molecule has 12 aromatic rings. The number of fused-ring (bicyclic) bond motifs is 10. The number of anilines is 3. The molecule has 0 amide bonds. The van der Waals surface area contributed by atoms with Gasteiger partial charge in [0.2, 0.25) is 0 Å². The van der Waals surface area contributed by atoms with Gasteiger partial charge in [0.25, 0.3) is 0 Å². The van der Waals surface area contributed by atoms with Gasteiger partial charge in [0.05, 0.1) is 10.9 Å². The summed E-state index contributed by atoms with van der Waals surface area (Å²) in [5.74, 6) is 0. The zero-order valence-corrected chi connectivity index (χ0v) is 33.0. The lowest BCUT2D eigenvalue weighted by molar-refractivity contribution is 0.668. The number of hydrogen-bond donors (Lipinski definition) is 0. The normalized spacial score (nSPS) is 13.0. The molecule has 0 saturated carbocycles. The van der Waals surface area contributed by atoms with Crippen LogP contribution < -0.4 is 4.90 Å². The van der Waals surface area contributed by atoms with Crippen LogP contribution >= 0.6 is 0 Å². The van der Waals surface area contributed by atoms with E-state index in [-0.39, 0.29) is 0 Å². The first-order valence-electron chi connectivity index (χ1n) is 20.8. The van der Waals surface area contributed by atoms with Crippen molar-refractivity contribution in [3.8, 4) is 16.8 Å². The van der Waals surface area contributed by atoms with Crippen LogP contribution in [-0.4, -0.2) is 4.57 Å². The lowest BCUT2D eigenvalue weighted by Crippen LogP contribution is -2.29.